The van der Waals surface area contributed by atoms with Crippen LogP contribution in [0.3, 0.4) is 0 Å². The molecule has 8 nitrogen and oxygen atoms in total. The predicted octanol–water partition coefficient (Wildman–Crippen LogP) is 3.96. The van der Waals surface area contributed by atoms with Crippen LogP contribution in [0.4, 0.5) is 11.4 Å². The predicted molar refractivity (Wildman–Crippen MR) is 135 cm³/mol. The molecule has 1 N–H and O–H groups in total. The highest BCUT2D eigenvalue weighted by molar-refractivity contribution is 14.1. The van der Waals surface area contributed by atoms with Crippen molar-refractivity contribution in [2.75, 3.05) is 17.7 Å². The van der Waals surface area contributed by atoms with Crippen LogP contribution in [0.2, 0.25) is 0 Å². The number of benzene rings is 2. The second kappa shape index (κ2) is 8.10. The molecular formula is C23H20IN5O3S. The highest BCUT2D eigenvalue weighted by Crippen LogP contribution is 2.42. The lowest BCUT2D eigenvalue weighted by Gasteiger charge is -2.27. The number of aryl methyl sites for hydroxylation is 1. The molecule has 0 spiro atoms. The third-order valence-electron chi connectivity index (χ3n) is 5.67. The van der Waals surface area contributed by atoms with E-state index < -0.39 is 9.84 Å². The Morgan fingerprint density at radius 2 is 1.73 bits per heavy atom. The monoisotopic (exact) mass is 573 g/mol. The van der Waals surface area contributed by atoms with Crippen molar-refractivity contribution in [2.45, 2.75) is 15.7 Å². The Bertz CT molecular complexity index is 1510. The molecule has 1 aliphatic rings. The lowest BCUT2D eigenvalue weighted by molar-refractivity contribution is 0.602. The molecule has 2 aromatic carbocycles. The van der Waals surface area contributed by atoms with E-state index in [-0.39, 0.29) is 14.4 Å². The Morgan fingerprint density at radius 3 is 2.39 bits per heavy atom. The van der Waals surface area contributed by atoms with Gasteiger partial charge in [-0.25, -0.2) is 8.42 Å². The highest BCUT2D eigenvalue weighted by Gasteiger charge is 2.29. The van der Waals surface area contributed by atoms with Crippen molar-refractivity contribution in [3.63, 3.8) is 0 Å². The van der Waals surface area contributed by atoms with E-state index in [0.29, 0.717) is 6.54 Å². The average molecular weight is 573 g/mol. The number of rotatable bonds is 3. The topological polar surface area (TPSA) is 101 Å². The van der Waals surface area contributed by atoms with Crippen molar-refractivity contribution in [3.05, 3.63) is 82.8 Å². The number of H-pyrrole nitrogens is 1. The molecule has 0 radical (unpaired) electrons. The maximum absolute atomic E-state index is 11.9. The molecule has 168 valence electrons. The van der Waals surface area contributed by atoms with Crippen molar-refractivity contribution >= 4 is 43.8 Å². The van der Waals surface area contributed by atoms with Crippen LogP contribution in [0.15, 0.2) is 70.5 Å². The van der Waals surface area contributed by atoms with Gasteiger partial charge in [0.15, 0.2) is 15.7 Å². The van der Waals surface area contributed by atoms with Crippen LogP contribution in [0.25, 0.3) is 16.8 Å². The SMILES string of the molecule is Cc1nnc2n1-c1ccc(-c3ccc(=O)[nH]c3)cc1N(c1ccc(S(C)(=O)=O)cc1)C[C@H]2I. The summed E-state index contributed by atoms with van der Waals surface area (Å²) < 4.78 is 26.0. The zero-order valence-corrected chi connectivity index (χ0v) is 20.8. The molecule has 33 heavy (non-hydrogen) atoms. The molecule has 2 aromatic heterocycles. The number of hydrogen-bond acceptors (Lipinski definition) is 6. The first kappa shape index (κ1) is 21.8. The first-order chi connectivity index (χ1) is 15.7. The summed E-state index contributed by atoms with van der Waals surface area (Å²) in [5.41, 5.74) is 4.43. The van der Waals surface area contributed by atoms with Crippen molar-refractivity contribution in [3.8, 4) is 16.8 Å². The number of aromatic amines is 1. The summed E-state index contributed by atoms with van der Waals surface area (Å²) in [5, 5.41) is 8.72. The fourth-order valence-corrected chi connectivity index (χ4v) is 5.46. The lowest BCUT2D eigenvalue weighted by Crippen LogP contribution is -2.21. The molecule has 0 amide bonds. The third-order valence-corrected chi connectivity index (χ3v) is 7.75. The van der Waals surface area contributed by atoms with Crippen molar-refractivity contribution < 1.29 is 8.42 Å². The highest BCUT2D eigenvalue weighted by atomic mass is 127. The van der Waals surface area contributed by atoms with Gasteiger partial charge in [-0.1, -0.05) is 28.7 Å². The normalized spacial score (nSPS) is 15.6. The van der Waals surface area contributed by atoms with Crippen LogP contribution in [0, 0.1) is 6.92 Å². The number of halogens is 1. The molecule has 5 rings (SSSR count). The second-order valence-corrected chi connectivity index (χ2v) is 11.4. The number of alkyl halides is 1. The third kappa shape index (κ3) is 3.97. The van der Waals surface area contributed by atoms with E-state index in [0.717, 1.165) is 39.8 Å². The van der Waals surface area contributed by atoms with E-state index in [4.69, 9.17) is 0 Å². The molecule has 0 bridgehead atoms. The first-order valence-corrected chi connectivity index (χ1v) is 13.3. The number of aromatic nitrogens is 4. The quantitative estimate of drug-likeness (QED) is 0.294. The van der Waals surface area contributed by atoms with Gasteiger partial charge in [0.1, 0.15) is 5.82 Å². The van der Waals surface area contributed by atoms with Gasteiger partial charge in [0.05, 0.1) is 20.2 Å². The van der Waals surface area contributed by atoms with E-state index in [9.17, 15) is 13.2 Å². The van der Waals surface area contributed by atoms with Crippen LogP contribution < -0.4 is 10.5 Å². The Hall–Kier alpha value is -2.99. The standard InChI is InChI=1S/C23H20IN5O3S/c1-14-26-27-23-19(24)13-28(17-5-7-18(8-6-17)33(2,31)32)21-11-15(3-9-20(21)29(14)23)16-4-10-22(30)25-12-16/h3-12,19H,13H2,1-2H3,(H,25,30)/t19-/m1/s1. The number of nitrogens with zero attached hydrogens (tertiary/aromatic N) is 4. The molecular weight excluding hydrogens is 553 g/mol. The first-order valence-electron chi connectivity index (χ1n) is 10.2. The minimum absolute atomic E-state index is 0.0438. The molecule has 0 saturated heterocycles. The summed E-state index contributed by atoms with van der Waals surface area (Å²) in [6.45, 7) is 2.55. The van der Waals surface area contributed by atoms with Gasteiger partial charge in [-0.05, 0) is 60.5 Å². The molecule has 0 unspecified atom stereocenters. The Kier molecular flexibility index (Phi) is 5.36. The van der Waals surface area contributed by atoms with Gasteiger partial charge < -0.3 is 9.88 Å². The number of sulfone groups is 1. The average Bonchev–Trinajstić information content (AvgIpc) is 3.12. The molecule has 0 fully saturated rings. The van der Waals surface area contributed by atoms with Crippen molar-refractivity contribution in [2.24, 2.45) is 0 Å². The summed E-state index contributed by atoms with van der Waals surface area (Å²) in [7, 11) is -3.29. The lowest BCUT2D eigenvalue weighted by atomic mass is 10.0. The van der Waals surface area contributed by atoms with E-state index in [1.165, 1.54) is 12.3 Å². The van der Waals surface area contributed by atoms with Gasteiger partial charge >= 0.3 is 0 Å². The van der Waals surface area contributed by atoms with Crippen molar-refractivity contribution in [1.82, 2.24) is 19.7 Å². The van der Waals surface area contributed by atoms with Crippen molar-refractivity contribution in [1.29, 1.82) is 0 Å². The van der Waals surface area contributed by atoms with Gasteiger partial charge in [0.2, 0.25) is 5.56 Å². The molecule has 1 aliphatic heterocycles. The maximum Gasteiger partial charge on any atom is 0.247 e. The number of nitrogens with one attached hydrogen (secondary N) is 1. The molecule has 10 heteroatoms. The Labute approximate surface area is 204 Å². The molecule has 0 aliphatic carbocycles. The molecule has 4 aromatic rings. The van der Waals surface area contributed by atoms with Gasteiger partial charge in [0, 0.05) is 30.8 Å². The van der Waals surface area contributed by atoms with E-state index in [2.05, 4.69) is 53.3 Å². The minimum Gasteiger partial charge on any atom is -0.338 e. The largest absolute Gasteiger partial charge is 0.338 e. The summed E-state index contributed by atoms with van der Waals surface area (Å²) in [6, 6.07) is 16.3. The van der Waals surface area contributed by atoms with E-state index in [1.807, 2.05) is 31.2 Å². The van der Waals surface area contributed by atoms with Crippen LogP contribution in [-0.4, -0.2) is 41.0 Å². The summed E-state index contributed by atoms with van der Waals surface area (Å²) in [6.07, 6.45) is 2.90. The number of anilines is 2. The fourth-order valence-electron chi connectivity index (χ4n) is 4.04. The van der Waals surface area contributed by atoms with Crippen LogP contribution in [0.1, 0.15) is 15.6 Å². The zero-order chi connectivity index (χ0) is 23.3. The maximum atomic E-state index is 11.9. The van der Waals surface area contributed by atoms with E-state index in [1.54, 1.807) is 24.4 Å². The minimum atomic E-state index is -3.29. The molecule has 1 atom stereocenters. The summed E-state index contributed by atoms with van der Waals surface area (Å²) >= 11 is 2.37. The summed E-state index contributed by atoms with van der Waals surface area (Å²) in [4.78, 5) is 16.7. The summed E-state index contributed by atoms with van der Waals surface area (Å²) in [5.74, 6) is 1.65. The fraction of sp³-hybridized carbons (Fsp3) is 0.174. The van der Waals surface area contributed by atoms with Gasteiger partial charge in [0.25, 0.3) is 0 Å². The van der Waals surface area contributed by atoms with Gasteiger partial charge in [-0.15, -0.1) is 10.2 Å². The smallest absolute Gasteiger partial charge is 0.247 e. The second-order valence-electron chi connectivity index (χ2n) is 7.93. The Morgan fingerprint density at radius 1 is 1.00 bits per heavy atom. The molecule has 0 saturated carbocycles. The zero-order valence-electron chi connectivity index (χ0n) is 17.9. The van der Waals surface area contributed by atoms with Gasteiger partial charge in [-0.3, -0.25) is 9.36 Å². The number of fused-ring (bicyclic) bond motifs is 3. The number of hydrogen-bond donors (Lipinski definition) is 1. The van der Waals surface area contributed by atoms with Crippen LogP contribution >= 0.6 is 22.6 Å². The van der Waals surface area contributed by atoms with Crippen LogP contribution in [-0.2, 0) is 9.84 Å². The van der Waals surface area contributed by atoms with E-state index >= 15 is 0 Å². The Balaban J connectivity index is 1.71. The van der Waals surface area contributed by atoms with Crippen LogP contribution in [0.5, 0.6) is 0 Å². The number of pyridine rings is 1. The van der Waals surface area contributed by atoms with Gasteiger partial charge in [-0.2, -0.15) is 0 Å². The molecule has 3 heterocycles.